The zero-order valence-corrected chi connectivity index (χ0v) is 18.7. The van der Waals surface area contributed by atoms with Crippen LogP contribution in [0.1, 0.15) is 43.7 Å². The lowest BCUT2D eigenvalue weighted by Crippen LogP contribution is -2.38. The molecule has 1 aromatic heterocycles. The minimum atomic E-state index is -0.105. The molecule has 0 aliphatic carbocycles. The molecule has 3 N–H and O–H groups in total. The van der Waals surface area contributed by atoms with Crippen molar-refractivity contribution in [3.8, 4) is 5.88 Å². The normalized spacial score (nSPS) is 16.3. The molecular weight excluding hydrogens is 414 g/mol. The largest absolute Gasteiger partial charge is 0.478 e. The Labute approximate surface area is 188 Å². The summed E-state index contributed by atoms with van der Waals surface area (Å²) in [4.78, 5) is 21.1. The van der Waals surface area contributed by atoms with Crippen LogP contribution < -0.4 is 20.7 Å². The van der Waals surface area contributed by atoms with Crippen molar-refractivity contribution in [2.75, 3.05) is 42.2 Å². The van der Waals surface area contributed by atoms with Gasteiger partial charge in [0.25, 0.3) is 0 Å². The molecule has 0 spiro atoms. The van der Waals surface area contributed by atoms with E-state index in [2.05, 4.69) is 28.2 Å². The van der Waals surface area contributed by atoms with Crippen molar-refractivity contribution >= 4 is 34.7 Å². The van der Waals surface area contributed by atoms with Crippen LogP contribution in [0.5, 0.6) is 5.88 Å². The molecule has 0 unspecified atom stereocenters. The molecule has 166 valence electrons. The maximum Gasteiger partial charge on any atom is 0.244 e. The number of carbonyl (C=O) groups excluding carboxylic acids is 1. The summed E-state index contributed by atoms with van der Waals surface area (Å²) >= 11 is 6.48. The van der Waals surface area contributed by atoms with Gasteiger partial charge in [-0.2, -0.15) is 4.98 Å². The van der Waals surface area contributed by atoms with Gasteiger partial charge in [0.05, 0.1) is 18.8 Å². The minimum Gasteiger partial charge on any atom is -0.478 e. The predicted octanol–water partition coefficient (Wildman–Crippen LogP) is 4.05. The number of hydrogen-bond donors (Lipinski definition) is 2. The highest BCUT2D eigenvalue weighted by molar-refractivity contribution is 6.31. The van der Waals surface area contributed by atoms with Crippen molar-refractivity contribution in [2.45, 2.75) is 45.7 Å². The summed E-state index contributed by atoms with van der Waals surface area (Å²) in [6.07, 6.45) is 4.48. The fourth-order valence-corrected chi connectivity index (χ4v) is 4.31. The molecule has 0 atom stereocenters. The van der Waals surface area contributed by atoms with Crippen LogP contribution in [-0.4, -0.2) is 42.0 Å². The number of nitrogens with one attached hydrogen (secondary N) is 1. The first-order chi connectivity index (χ1) is 15.0. The van der Waals surface area contributed by atoms with Crippen LogP contribution in [0.25, 0.3) is 0 Å². The lowest BCUT2D eigenvalue weighted by atomic mass is 10.1. The molecular formula is C23H30ClN5O2. The summed E-state index contributed by atoms with van der Waals surface area (Å²) in [7, 11) is 0. The van der Waals surface area contributed by atoms with E-state index >= 15 is 0 Å². The number of nitrogens with two attached hydrogens (primary N) is 1. The Balaban J connectivity index is 1.57. The highest BCUT2D eigenvalue weighted by atomic mass is 35.5. The van der Waals surface area contributed by atoms with Crippen molar-refractivity contribution in [1.82, 2.24) is 9.88 Å². The summed E-state index contributed by atoms with van der Waals surface area (Å²) in [6.45, 7) is 6.61. The number of aromatic nitrogens is 1. The Morgan fingerprint density at radius 2 is 2.03 bits per heavy atom. The number of anilines is 3. The molecule has 7 nitrogen and oxygen atoms in total. The van der Waals surface area contributed by atoms with Gasteiger partial charge in [-0.1, -0.05) is 37.1 Å². The molecule has 0 radical (unpaired) electrons. The second kappa shape index (κ2) is 9.75. The van der Waals surface area contributed by atoms with Crippen LogP contribution >= 0.6 is 11.6 Å². The Morgan fingerprint density at radius 1 is 1.23 bits per heavy atom. The van der Waals surface area contributed by atoms with Crippen LogP contribution in [-0.2, 0) is 17.9 Å². The van der Waals surface area contributed by atoms with Gasteiger partial charge in [0.1, 0.15) is 5.69 Å². The summed E-state index contributed by atoms with van der Waals surface area (Å²) in [5, 5.41) is 3.64. The van der Waals surface area contributed by atoms with Gasteiger partial charge in [-0.05, 0) is 49.5 Å². The molecule has 4 rings (SSSR count). The third kappa shape index (κ3) is 5.22. The van der Waals surface area contributed by atoms with E-state index in [0.717, 1.165) is 54.3 Å². The van der Waals surface area contributed by atoms with Crippen molar-refractivity contribution in [2.24, 2.45) is 0 Å². The van der Waals surface area contributed by atoms with E-state index in [1.165, 1.54) is 12.8 Å². The summed E-state index contributed by atoms with van der Waals surface area (Å²) in [6, 6.07) is 7.98. The van der Waals surface area contributed by atoms with Crippen LogP contribution in [0.15, 0.2) is 24.3 Å². The molecule has 1 fully saturated rings. The van der Waals surface area contributed by atoms with Crippen LogP contribution in [0.2, 0.25) is 5.02 Å². The monoisotopic (exact) mass is 443 g/mol. The van der Waals surface area contributed by atoms with Gasteiger partial charge >= 0.3 is 0 Å². The molecule has 3 heterocycles. The lowest BCUT2D eigenvalue weighted by molar-refractivity contribution is -0.115. The molecule has 31 heavy (non-hydrogen) atoms. The van der Waals surface area contributed by atoms with E-state index < -0.39 is 0 Å². The number of carbonyl (C=O) groups is 1. The average molecular weight is 444 g/mol. The van der Waals surface area contributed by atoms with Gasteiger partial charge in [0.2, 0.25) is 11.8 Å². The molecule has 0 bridgehead atoms. The molecule has 1 saturated heterocycles. The predicted molar refractivity (Wildman–Crippen MR) is 125 cm³/mol. The number of fused-ring (bicyclic) bond motifs is 1. The molecule has 0 saturated carbocycles. The zero-order valence-electron chi connectivity index (χ0n) is 18.0. The number of halogens is 1. The fourth-order valence-electron chi connectivity index (χ4n) is 4.13. The molecule has 2 aliphatic rings. The smallest absolute Gasteiger partial charge is 0.244 e. The maximum atomic E-state index is 12.3. The molecule has 1 amide bonds. The molecule has 2 aromatic rings. The Kier molecular flexibility index (Phi) is 6.83. The Bertz CT molecular complexity index is 946. The van der Waals surface area contributed by atoms with Gasteiger partial charge < -0.3 is 20.7 Å². The van der Waals surface area contributed by atoms with E-state index in [4.69, 9.17) is 22.1 Å². The summed E-state index contributed by atoms with van der Waals surface area (Å²) in [5.41, 5.74) is 9.74. The van der Waals surface area contributed by atoms with Crippen LogP contribution in [0.3, 0.4) is 0 Å². The minimum absolute atomic E-state index is 0.105. The highest BCUT2D eigenvalue weighted by Crippen LogP contribution is 2.37. The number of pyridine rings is 1. The number of nitrogen functional groups attached to an aromatic ring is 1. The van der Waals surface area contributed by atoms with Crippen molar-refractivity contribution in [3.05, 3.63) is 40.4 Å². The van der Waals surface area contributed by atoms with E-state index in [1.54, 1.807) is 0 Å². The van der Waals surface area contributed by atoms with E-state index in [9.17, 15) is 4.79 Å². The maximum absolute atomic E-state index is 12.3. The molecule has 2 aliphatic heterocycles. The fraction of sp³-hybridized carbons (Fsp3) is 0.478. The summed E-state index contributed by atoms with van der Waals surface area (Å²) in [5.74, 6) is 0.649. The van der Waals surface area contributed by atoms with Gasteiger partial charge in [-0.3, -0.25) is 9.69 Å². The number of hydrogen-bond acceptors (Lipinski definition) is 6. The molecule has 1 aromatic carbocycles. The number of ether oxygens (including phenoxy) is 1. The van der Waals surface area contributed by atoms with Crippen molar-refractivity contribution in [3.63, 3.8) is 0 Å². The van der Waals surface area contributed by atoms with Gasteiger partial charge in [0.15, 0.2) is 5.82 Å². The Morgan fingerprint density at radius 3 is 2.81 bits per heavy atom. The quantitative estimate of drug-likeness (QED) is 0.599. The van der Waals surface area contributed by atoms with E-state index in [-0.39, 0.29) is 18.3 Å². The first-order valence-corrected chi connectivity index (χ1v) is 11.4. The third-order valence-electron chi connectivity index (χ3n) is 5.77. The highest BCUT2D eigenvalue weighted by Gasteiger charge is 2.26. The first-order valence-electron chi connectivity index (χ1n) is 11.0. The number of rotatable bonds is 8. The number of likely N-dealkylation sites (tertiary alicyclic amines) is 1. The van der Waals surface area contributed by atoms with E-state index in [1.807, 2.05) is 23.1 Å². The lowest BCUT2D eigenvalue weighted by Gasteiger charge is -2.32. The number of unbranched alkanes of at least 4 members (excludes halogenated alkanes) is 1. The Hall–Kier alpha value is -2.51. The average Bonchev–Trinajstić information content (AvgIpc) is 3.25. The van der Waals surface area contributed by atoms with Gasteiger partial charge in [-0.25, -0.2) is 0 Å². The first kappa shape index (κ1) is 21.7. The summed E-state index contributed by atoms with van der Waals surface area (Å²) < 4.78 is 5.77. The van der Waals surface area contributed by atoms with Crippen LogP contribution in [0, 0.1) is 0 Å². The second-order valence-corrected chi connectivity index (χ2v) is 8.66. The second-order valence-electron chi connectivity index (χ2n) is 8.26. The standard InChI is InChI=1S/C23H30ClN5O2/c1-2-3-10-31-21-12-19-22(23(25)27-21)26-20(30)15-29(19)13-16-6-7-18(24)17(11-16)14-28-8-4-5-9-28/h6-7,11-12H,2-5,8-10,13-15H2,1H3,(H2,25,27)(H,26,30). The van der Waals surface area contributed by atoms with Gasteiger partial charge in [-0.15, -0.1) is 0 Å². The van der Waals surface area contributed by atoms with Crippen LogP contribution in [0.4, 0.5) is 17.2 Å². The number of amides is 1. The topological polar surface area (TPSA) is 83.7 Å². The third-order valence-corrected chi connectivity index (χ3v) is 6.14. The SMILES string of the molecule is CCCCOc1cc2c(c(N)n1)NC(=O)CN2Cc1ccc(Cl)c(CN2CCCC2)c1. The van der Waals surface area contributed by atoms with Crippen molar-refractivity contribution < 1.29 is 9.53 Å². The number of nitrogens with zero attached hydrogens (tertiary/aromatic N) is 3. The van der Waals surface area contributed by atoms with E-state index in [0.29, 0.717) is 24.7 Å². The number of benzene rings is 1. The van der Waals surface area contributed by atoms with Crippen molar-refractivity contribution in [1.29, 1.82) is 0 Å². The molecule has 8 heteroatoms. The zero-order chi connectivity index (χ0) is 21.8. The van der Waals surface area contributed by atoms with Gasteiger partial charge in [0, 0.05) is 24.2 Å².